The van der Waals surface area contributed by atoms with E-state index in [1.165, 1.54) is 6.07 Å². The van der Waals surface area contributed by atoms with Gasteiger partial charge in [0, 0.05) is 12.3 Å². The van der Waals surface area contributed by atoms with E-state index in [1.54, 1.807) is 10.5 Å². The van der Waals surface area contributed by atoms with Gasteiger partial charge in [0.1, 0.15) is 17.2 Å². The highest BCUT2D eigenvalue weighted by Gasteiger charge is 2.17. The average molecular weight is 274 g/mol. The van der Waals surface area contributed by atoms with Crippen LogP contribution in [0.5, 0.6) is 0 Å². The van der Waals surface area contributed by atoms with E-state index in [-0.39, 0.29) is 5.00 Å². The third kappa shape index (κ3) is 1.84. The number of aryl methyl sites for hydroxylation is 1. The Balaban J connectivity index is 2.19. The van der Waals surface area contributed by atoms with Crippen molar-refractivity contribution in [3.63, 3.8) is 0 Å². The number of thiophene rings is 1. The van der Waals surface area contributed by atoms with Crippen LogP contribution in [0.4, 0.5) is 10.8 Å². The van der Waals surface area contributed by atoms with Gasteiger partial charge in [-0.05, 0) is 24.6 Å². The van der Waals surface area contributed by atoms with E-state index in [1.807, 2.05) is 25.3 Å². The first kappa shape index (κ1) is 11.7. The van der Waals surface area contributed by atoms with Gasteiger partial charge < -0.3 is 5.73 Å². The number of pyridine rings is 1. The molecule has 0 spiro atoms. The lowest BCUT2D eigenvalue weighted by Gasteiger charge is -1.97. The molecule has 0 saturated carbocycles. The number of rotatable bonds is 2. The van der Waals surface area contributed by atoms with Crippen molar-refractivity contribution in [1.82, 2.24) is 9.38 Å². The summed E-state index contributed by atoms with van der Waals surface area (Å²) in [4.78, 5) is 15.4. The van der Waals surface area contributed by atoms with Gasteiger partial charge in [-0.2, -0.15) is 0 Å². The standard InChI is InChI=1S/C12H10N4O2S/c1-7-2-4-9-14-11(12(13)15(9)6-7)8-3-5-10(19-8)16(17)18/h2-6H,13H2,1H3. The maximum absolute atomic E-state index is 10.7. The van der Waals surface area contributed by atoms with Crippen molar-refractivity contribution >= 4 is 27.8 Å². The lowest BCUT2D eigenvalue weighted by atomic mass is 10.3. The predicted molar refractivity (Wildman–Crippen MR) is 74.3 cm³/mol. The maximum Gasteiger partial charge on any atom is 0.324 e. The molecule has 0 atom stereocenters. The van der Waals surface area contributed by atoms with Crippen molar-refractivity contribution in [1.29, 1.82) is 0 Å². The van der Waals surface area contributed by atoms with Gasteiger partial charge in [-0.15, -0.1) is 0 Å². The topological polar surface area (TPSA) is 86.5 Å². The summed E-state index contributed by atoms with van der Waals surface area (Å²) in [5.74, 6) is 0.496. The molecule has 0 aliphatic heterocycles. The number of hydrogen-bond acceptors (Lipinski definition) is 5. The Kier molecular flexibility index (Phi) is 2.49. The minimum Gasteiger partial charge on any atom is -0.383 e. The van der Waals surface area contributed by atoms with E-state index < -0.39 is 4.92 Å². The van der Waals surface area contributed by atoms with Crippen molar-refractivity contribution in [3.05, 3.63) is 46.1 Å². The van der Waals surface area contributed by atoms with Gasteiger partial charge >= 0.3 is 5.00 Å². The first-order chi connectivity index (χ1) is 9.06. The highest BCUT2D eigenvalue weighted by molar-refractivity contribution is 7.18. The van der Waals surface area contributed by atoms with Crippen LogP contribution >= 0.6 is 11.3 Å². The van der Waals surface area contributed by atoms with Gasteiger partial charge in [0.2, 0.25) is 0 Å². The number of aromatic nitrogens is 2. The van der Waals surface area contributed by atoms with Gasteiger partial charge in [-0.1, -0.05) is 17.4 Å². The quantitative estimate of drug-likeness (QED) is 0.575. The number of hydrogen-bond donors (Lipinski definition) is 1. The van der Waals surface area contributed by atoms with E-state index in [2.05, 4.69) is 4.98 Å². The molecule has 3 rings (SSSR count). The van der Waals surface area contributed by atoms with E-state index in [0.717, 1.165) is 22.5 Å². The van der Waals surface area contributed by atoms with Crippen LogP contribution in [0.3, 0.4) is 0 Å². The Morgan fingerprint density at radius 2 is 2.16 bits per heavy atom. The molecule has 2 N–H and O–H groups in total. The Morgan fingerprint density at radius 3 is 2.84 bits per heavy atom. The molecule has 0 fully saturated rings. The molecule has 0 aromatic carbocycles. The Hall–Kier alpha value is -2.41. The summed E-state index contributed by atoms with van der Waals surface area (Å²) in [6.45, 7) is 1.97. The van der Waals surface area contributed by atoms with Gasteiger partial charge in [0.05, 0.1) is 9.80 Å². The second kappa shape index (κ2) is 4.06. The Morgan fingerprint density at radius 1 is 1.37 bits per heavy atom. The van der Waals surface area contributed by atoms with Crippen LogP contribution in [0.15, 0.2) is 30.5 Å². The van der Waals surface area contributed by atoms with Crippen molar-refractivity contribution in [2.24, 2.45) is 0 Å². The van der Waals surface area contributed by atoms with E-state index in [0.29, 0.717) is 16.4 Å². The average Bonchev–Trinajstić information content (AvgIpc) is 2.95. The molecule has 0 bridgehead atoms. The highest BCUT2D eigenvalue weighted by Crippen LogP contribution is 2.35. The zero-order valence-corrected chi connectivity index (χ0v) is 10.8. The third-order valence-electron chi connectivity index (χ3n) is 2.81. The fourth-order valence-electron chi connectivity index (χ4n) is 1.90. The van der Waals surface area contributed by atoms with Crippen LogP contribution in [0.1, 0.15) is 5.56 Å². The molecule has 3 aromatic rings. The molecule has 96 valence electrons. The molecule has 0 amide bonds. The fourth-order valence-corrected chi connectivity index (χ4v) is 2.72. The van der Waals surface area contributed by atoms with E-state index >= 15 is 0 Å². The normalized spacial score (nSPS) is 11.0. The van der Waals surface area contributed by atoms with Crippen LogP contribution in [-0.4, -0.2) is 14.3 Å². The zero-order chi connectivity index (χ0) is 13.6. The van der Waals surface area contributed by atoms with Crippen molar-refractivity contribution < 1.29 is 4.92 Å². The summed E-state index contributed by atoms with van der Waals surface area (Å²) in [6, 6.07) is 6.96. The van der Waals surface area contributed by atoms with E-state index in [9.17, 15) is 10.1 Å². The maximum atomic E-state index is 10.7. The molecule has 0 radical (unpaired) electrons. The third-order valence-corrected chi connectivity index (χ3v) is 3.85. The fraction of sp³-hybridized carbons (Fsp3) is 0.0833. The number of nitrogen functional groups attached to an aromatic ring is 1. The van der Waals surface area contributed by atoms with Gasteiger partial charge in [0.15, 0.2) is 0 Å². The number of fused-ring (bicyclic) bond motifs is 1. The second-order valence-electron chi connectivity index (χ2n) is 4.18. The number of nitrogens with zero attached hydrogens (tertiary/aromatic N) is 3. The van der Waals surface area contributed by atoms with Crippen LogP contribution in [0.25, 0.3) is 16.2 Å². The van der Waals surface area contributed by atoms with Gasteiger partial charge in [-0.3, -0.25) is 14.5 Å². The molecule has 0 saturated heterocycles. The molecule has 0 aliphatic carbocycles. The molecule has 3 aromatic heterocycles. The summed E-state index contributed by atoms with van der Waals surface area (Å²) < 4.78 is 1.79. The Bertz CT molecular complexity index is 790. The number of imidazole rings is 1. The molecule has 7 heteroatoms. The van der Waals surface area contributed by atoms with E-state index in [4.69, 9.17) is 5.73 Å². The van der Waals surface area contributed by atoms with Crippen molar-refractivity contribution in [3.8, 4) is 10.6 Å². The monoisotopic (exact) mass is 274 g/mol. The molecule has 3 heterocycles. The number of nitro groups is 1. The van der Waals surface area contributed by atoms with Crippen LogP contribution in [-0.2, 0) is 0 Å². The van der Waals surface area contributed by atoms with Crippen LogP contribution < -0.4 is 5.73 Å². The summed E-state index contributed by atoms with van der Waals surface area (Å²) >= 11 is 1.07. The summed E-state index contributed by atoms with van der Waals surface area (Å²) in [5.41, 5.74) is 8.45. The molecule has 19 heavy (non-hydrogen) atoms. The van der Waals surface area contributed by atoms with Gasteiger partial charge in [-0.25, -0.2) is 4.98 Å². The minimum atomic E-state index is -0.412. The summed E-state index contributed by atoms with van der Waals surface area (Å²) in [6.07, 6.45) is 1.89. The van der Waals surface area contributed by atoms with Crippen molar-refractivity contribution in [2.45, 2.75) is 6.92 Å². The Labute approximate surface area is 112 Å². The van der Waals surface area contributed by atoms with Gasteiger partial charge in [0.25, 0.3) is 0 Å². The molecule has 0 aliphatic rings. The SMILES string of the molecule is Cc1ccc2nc(-c3ccc([N+](=O)[O-])s3)c(N)n2c1. The summed E-state index contributed by atoms with van der Waals surface area (Å²) in [5, 5.41) is 10.8. The van der Waals surface area contributed by atoms with Crippen LogP contribution in [0.2, 0.25) is 0 Å². The second-order valence-corrected chi connectivity index (χ2v) is 5.24. The molecule has 0 unspecified atom stereocenters. The molecule has 6 nitrogen and oxygen atoms in total. The highest BCUT2D eigenvalue weighted by atomic mass is 32.1. The number of anilines is 1. The summed E-state index contributed by atoms with van der Waals surface area (Å²) in [7, 11) is 0. The largest absolute Gasteiger partial charge is 0.383 e. The lowest BCUT2D eigenvalue weighted by molar-refractivity contribution is -0.380. The lowest BCUT2D eigenvalue weighted by Crippen LogP contribution is -1.93. The number of nitrogens with two attached hydrogens (primary N) is 1. The smallest absolute Gasteiger partial charge is 0.324 e. The minimum absolute atomic E-state index is 0.0858. The van der Waals surface area contributed by atoms with Crippen molar-refractivity contribution in [2.75, 3.05) is 5.73 Å². The zero-order valence-electron chi connectivity index (χ0n) is 10.0. The molecular formula is C12H10N4O2S. The predicted octanol–water partition coefficient (Wildman–Crippen LogP) is 2.86. The van der Waals surface area contributed by atoms with Crippen LogP contribution in [0, 0.1) is 17.0 Å². The first-order valence-corrected chi connectivity index (χ1v) is 6.36. The first-order valence-electron chi connectivity index (χ1n) is 5.55. The molecular weight excluding hydrogens is 264 g/mol.